The lowest BCUT2D eigenvalue weighted by atomic mass is 10.0. The Morgan fingerprint density at radius 1 is 1.12 bits per heavy atom. The number of hydrogen-bond donors (Lipinski definition) is 1. The monoisotopic (exact) mass is 354 g/mol. The molecule has 0 unspecified atom stereocenters. The molecular weight excluding hydrogens is 336 g/mol. The number of nitrogen functional groups attached to an aromatic ring is 1. The highest BCUT2D eigenvalue weighted by Crippen LogP contribution is 2.39. The number of thiophene rings is 1. The summed E-state index contributed by atoms with van der Waals surface area (Å²) in [6.45, 7) is 7.02. The highest BCUT2D eigenvalue weighted by Gasteiger charge is 2.23. The summed E-state index contributed by atoms with van der Waals surface area (Å²) in [5, 5.41) is 0.883. The Hall–Kier alpha value is -2.60. The molecule has 1 aliphatic heterocycles. The molecule has 2 aromatic heterocycles. The standard InChI is InChI=1S/C19H18N2O3S/c1-9-10(2)15-16(20)18(25-19(15)21-11(9)3)17(22)12-4-5-13-14(8-12)24-7-6-23-13/h4-5,8H,6-7,20H2,1-3H3. The molecule has 6 heteroatoms. The number of pyridine rings is 1. The zero-order chi connectivity index (χ0) is 17.7. The second kappa shape index (κ2) is 5.74. The largest absolute Gasteiger partial charge is 0.486 e. The van der Waals surface area contributed by atoms with Gasteiger partial charge in [0.15, 0.2) is 11.5 Å². The van der Waals surface area contributed by atoms with E-state index in [1.54, 1.807) is 18.2 Å². The Kier molecular flexibility index (Phi) is 3.65. The van der Waals surface area contributed by atoms with Crippen LogP contribution in [-0.4, -0.2) is 24.0 Å². The highest BCUT2D eigenvalue weighted by atomic mass is 32.1. The van der Waals surface area contributed by atoms with Gasteiger partial charge in [0.05, 0.1) is 5.69 Å². The molecule has 1 aromatic carbocycles. The molecule has 0 aliphatic carbocycles. The van der Waals surface area contributed by atoms with Crippen LogP contribution in [0.3, 0.4) is 0 Å². The van der Waals surface area contributed by atoms with Gasteiger partial charge >= 0.3 is 0 Å². The van der Waals surface area contributed by atoms with Gasteiger partial charge in [-0.3, -0.25) is 4.79 Å². The first-order valence-corrected chi connectivity index (χ1v) is 8.89. The van der Waals surface area contributed by atoms with Crippen LogP contribution in [0.15, 0.2) is 18.2 Å². The summed E-state index contributed by atoms with van der Waals surface area (Å²) in [6, 6.07) is 5.23. The highest BCUT2D eigenvalue weighted by molar-refractivity contribution is 7.21. The molecule has 3 aromatic rings. The van der Waals surface area contributed by atoms with Gasteiger partial charge in [0.25, 0.3) is 0 Å². The molecule has 0 bridgehead atoms. The number of nitrogens with zero attached hydrogens (tertiary/aromatic N) is 1. The molecule has 0 saturated carbocycles. The summed E-state index contributed by atoms with van der Waals surface area (Å²) in [5.41, 5.74) is 10.5. The molecule has 3 heterocycles. The lowest BCUT2D eigenvalue weighted by Crippen LogP contribution is -2.15. The van der Waals surface area contributed by atoms with Crippen LogP contribution in [0.1, 0.15) is 32.1 Å². The number of hydrogen-bond acceptors (Lipinski definition) is 6. The summed E-state index contributed by atoms with van der Waals surface area (Å²) in [6.07, 6.45) is 0. The van der Waals surface area contributed by atoms with Crippen LogP contribution in [0.5, 0.6) is 11.5 Å². The number of benzene rings is 1. The zero-order valence-corrected chi connectivity index (χ0v) is 15.1. The lowest BCUT2D eigenvalue weighted by molar-refractivity contribution is 0.104. The number of fused-ring (bicyclic) bond motifs is 2. The van der Waals surface area contributed by atoms with E-state index in [2.05, 4.69) is 4.98 Å². The summed E-state index contributed by atoms with van der Waals surface area (Å²) in [7, 11) is 0. The molecule has 0 fully saturated rings. The van der Waals surface area contributed by atoms with Crippen molar-refractivity contribution in [1.29, 1.82) is 0 Å². The van der Waals surface area contributed by atoms with Gasteiger partial charge in [0, 0.05) is 16.6 Å². The van der Waals surface area contributed by atoms with E-state index in [1.165, 1.54) is 11.3 Å². The number of aromatic nitrogens is 1. The minimum Gasteiger partial charge on any atom is -0.486 e. The maximum Gasteiger partial charge on any atom is 0.205 e. The van der Waals surface area contributed by atoms with Crippen molar-refractivity contribution in [2.24, 2.45) is 0 Å². The van der Waals surface area contributed by atoms with E-state index in [9.17, 15) is 4.79 Å². The van der Waals surface area contributed by atoms with E-state index in [-0.39, 0.29) is 5.78 Å². The Morgan fingerprint density at radius 3 is 2.60 bits per heavy atom. The Morgan fingerprint density at radius 2 is 1.84 bits per heavy atom. The molecule has 25 heavy (non-hydrogen) atoms. The third kappa shape index (κ3) is 2.44. The molecule has 128 valence electrons. The average Bonchev–Trinajstić information content (AvgIpc) is 2.95. The molecule has 4 rings (SSSR count). The van der Waals surface area contributed by atoms with E-state index in [0.29, 0.717) is 40.8 Å². The maximum atomic E-state index is 13.0. The van der Waals surface area contributed by atoms with Gasteiger partial charge in [0.1, 0.15) is 22.9 Å². The fourth-order valence-electron chi connectivity index (χ4n) is 3.05. The molecule has 2 N–H and O–H groups in total. The Balaban J connectivity index is 1.83. The number of nitrogens with two attached hydrogens (primary N) is 1. The summed E-state index contributed by atoms with van der Waals surface area (Å²) < 4.78 is 11.1. The second-order valence-corrected chi connectivity index (χ2v) is 7.16. The predicted octanol–water partition coefficient (Wildman–Crippen LogP) is 3.81. The fourth-order valence-corrected chi connectivity index (χ4v) is 4.22. The van der Waals surface area contributed by atoms with Crippen molar-refractivity contribution in [3.63, 3.8) is 0 Å². The van der Waals surface area contributed by atoms with Crippen molar-refractivity contribution in [3.05, 3.63) is 45.5 Å². The van der Waals surface area contributed by atoms with E-state index in [1.807, 2.05) is 20.8 Å². The minimum absolute atomic E-state index is 0.118. The molecule has 0 amide bonds. The van der Waals surface area contributed by atoms with Gasteiger partial charge in [-0.05, 0) is 50.1 Å². The van der Waals surface area contributed by atoms with Crippen molar-refractivity contribution >= 4 is 33.0 Å². The second-order valence-electron chi connectivity index (χ2n) is 6.16. The SMILES string of the molecule is Cc1nc2sc(C(=O)c3ccc4c(c3)OCCO4)c(N)c2c(C)c1C. The number of ketones is 1. The third-order valence-electron chi connectivity index (χ3n) is 4.69. The van der Waals surface area contributed by atoms with Crippen molar-refractivity contribution in [2.45, 2.75) is 20.8 Å². The van der Waals surface area contributed by atoms with Crippen LogP contribution < -0.4 is 15.2 Å². The van der Waals surface area contributed by atoms with Gasteiger partial charge in [-0.15, -0.1) is 11.3 Å². The van der Waals surface area contributed by atoms with Gasteiger partial charge < -0.3 is 15.2 Å². The summed E-state index contributed by atoms with van der Waals surface area (Å²) in [4.78, 5) is 18.9. The average molecular weight is 354 g/mol. The molecule has 0 spiro atoms. The first kappa shape index (κ1) is 15.9. The Labute approximate surface area is 149 Å². The number of aryl methyl sites for hydroxylation is 2. The number of ether oxygens (including phenoxy) is 2. The van der Waals surface area contributed by atoms with Crippen LogP contribution in [0.4, 0.5) is 5.69 Å². The molecule has 0 saturated heterocycles. The quantitative estimate of drug-likeness (QED) is 0.709. The Bertz CT molecular complexity index is 1020. The molecule has 0 atom stereocenters. The fraction of sp³-hybridized carbons (Fsp3) is 0.263. The lowest BCUT2D eigenvalue weighted by Gasteiger charge is -2.18. The predicted molar refractivity (Wildman–Crippen MR) is 99.1 cm³/mol. The summed E-state index contributed by atoms with van der Waals surface area (Å²) >= 11 is 1.34. The van der Waals surface area contributed by atoms with Crippen molar-refractivity contribution in [2.75, 3.05) is 18.9 Å². The number of carbonyl (C=O) groups is 1. The van der Waals surface area contributed by atoms with Crippen LogP contribution in [0, 0.1) is 20.8 Å². The zero-order valence-electron chi connectivity index (χ0n) is 14.3. The molecular formula is C19H18N2O3S. The van der Waals surface area contributed by atoms with Crippen LogP contribution >= 0.6 is 11.3 Å². The normalized spacial score (nSPS) is 13.2. The van der Waals surface area contributed by atoms with E-state index < -0.39 is 0 Å². The molecule has 5 nitrogen and oxygen atoms in total. The van der Waals surface area contributed by atoms with E-state index in [4.69, 9.17) is 15.2 Å². The van der Waals surface area contributed by atoms with Crippen molar-refractivity contribution in [3.8, 4) is 11.5 Å². The third-order valence-corrected chi connectivity index (χ3v) is 5.78. The number of rotatable bonds is 2. The van der Waals surface area contributed by atoms with Crippen LogP contribution in [0.25, 0.3) is 10.2 Å². The smallest absolute Gasteiger partial charge is 0.205 e. The van der Waals surface area contributed by atoms with Crippen molar-refractivity contribution < 1.29 is 14.3 Å². The first-order valence-electron chi connectivity index (χ1n) is 8.07. The minimum atomic E-state index is -0.118. The van der Waals surface area contributed by atoms with Crippen LogP contribution in [-0.2, 0) is 0 Å². The first-order chi connectivity index (χ1) is 12.0. The topological polar surface area (TPSA) is 74.4 Å². The summed E-state index contributed by atoms with van der Waals surface area (Å²) in [5.74, 6) is 1.14. The van der Waals surface area contributed by atoms with Gasteiger partial charge in [0.2, 0.25) is 5.78 Å². The maximum absolute atomic E-state index is 13.0. The van der Waals surface area contributed by atoms with Gasteiger partial charge in [-0.25, -0.2) is 4.98 Å². The van der Waals surface area contributed by atoms with E-state index in [0.717, 1.165) is 27.0 Å². The molecule has 1 aliphatic rings. The van der Waals surface area contributed by atoms with E-state index >= 15 is 0 Å². The number of carbonyl (C=O) groups excluding carboxylic acids is 1. The van der Waals surface area contributed by atoms with Crippen LogP contribution in [0.2, 0.25) is 0 Å². The van der Waals surface area contributed by atoms with Gasteiger partial charge in [-0.2, -0.15) is 0 Å². The number of anilines is 1. The van der Waals surface area contributed by atoms with Gasteiger partial charge in [-0.1, -0.05) is 0 Å². The van der Waals surface area contributed by atoms with Crippen molar-refractivity contribution in [1.82, 2.24) is 4.98 Å². The molecule has 0 radical (unpaired) electrons.